The van der Waals surface area contributed by atoms with Crippen molar-refractivity contribution in [1.82, 2.24) is 4.98 Å². The number of carbonyl (C=O) groups excluding carboxylic acids is 1. The summed E-state index contributed by atoms with van der Waals surface area (Å²) in [5.41, 5.74) is -3.85. The van der Waals surface area contributed by atoms with Crippen LogP contribution in [-0.2, 0) is 0 Å². The van der Waals surface area contributed by atoms with Gasteiger partial charge in [-0.05, 0) is 48.2 Å². The van der Waals surface area contributed by atoms with E-state index in [0.717, 1.165) is 0 Å². The van der Waals surface area contributed by atoms with Gasteiger partial charge in [0.05, 0.1) is 0 Å². The van der Waals surface area contributed by atoms with Crippen LogP contribution in [0.15, 0.2) is 47.5 Å². The summed E-state index contributed by atoms with van der Waals surface area (Å²) in [6.45, 7) is 0. The van der Waals surface area contributed by atoms with Crippen molar-refractivity contribution in [2.45, 2.75) is 10.4 Å². The first-order valence-electron chi connectivity index (χ1n) is 5.62. The number of aromatic nitrogens is 1. The first-order valence-corrected chi connectivity index (χ1v) is 6.82. The number of anilines is 1. The molecule has 0 unspecified atom stereocenters. The Balaban J connectivity index is 2.05. The third-order valence-electron chi connectivity index (χ3n) is 2.30. The highest BCUT2D eigenvalue weighted by Crippen LogP contribution is 2.37. The Bertz CT molecular complexity index is 647. The summed E-state index contributed by atoms with van der Waals surface area (Å²) in [7, 11) is 0. The third-order valence-corrected chi connectivity index (χ3v) is 3.27. The summed E-state index contributed by atoms with van der Waals surface area (Å²) < 4.78 is 36.6. The Morgan fingerprint density at radius 2 is 1.86 bits per heavy atom. The zero-order valence-electron chi connectivity index (χ0n) is 10.3. The molecule has 0 saturated heterocycles. The summed E-state index contributed by atoms with van der Waals surface area (Å²) in [6.07, 6.45) is 1.39. The fraction of sp³-hybridized carbons (Fsp3) is 0.0769. The van der Waals surface area contributed by atoms with Gasteiger partial charge in [-0.2, -0.15) is 13.2 Å². The molecule has 0 aliphatic carbocycles. The maximum atomic E-state index is 12.2. The van der Waals surface area contributed by atoms with Crippen LogP contribution in [0.3, 0.4) is 0 Å². The lowest BCUT2D eigenvalue weighted by Gasteiger charge is -2.07. The molecule has 0 fully saturated rings. The van der Waals surface area contributed by atoms with Crippen molar-refractivity contribution in [1.29, 1.82) is 0 Å². The van der Waals surface area contributed by atoms with Gasteiger partial charge in [-0.3, -0.25) is 9.78 Å². The van der Waals surface area contributed by atoms with Gasteiger partial charge in [0.25, 0.3) is 5.91 Å². The summed E-state index contributed by atoms with van der Waals surface area (Å²) >= 11 is 5.53. The van der Waals surface area contributed by atoms with Crippen LogP contribution in [0.2, 0.25) is 5.02 Å². The van der Waals surface area contributed by atoms with Gasteiger partial charge in [-0.25, -0.2) is 0 Å². The molecule has 21 heavy (non-hydrogen) atoms. The van der Waals surface area contributed by atoms with Crippen molar-refractivity contribution in [3.63, 3.8) is 0 Å². The number of hydrogen-bond acceptors (Lipinski definition) is 3. The van der Waals surface area contributed by atoms with E-state index >= 15 is 0 Å². The van der Waals surface area contributed by atoms with E-state index < -0.39 is 11.4 Å². The average molecular weight is 333 g/mol. The maximum absolute atomic E-state index is 12.2. The average Bonchev–Trinajstić information content (AvgIpc) is 2.39. The van der Waals surface area contributed by atoms with E-state index in [1.54, 1.807) is 0 Å². The monoisotopic (exact) mass is 332 g/mol. The first-order chi connectivity index (χ1) is 9.83. The molecule has 2 aromatic rings. The number of rotatable bonds is 3. The van der Waals surface area contributed by atoms with Gasteiger partial charge >= 0.3 is 5.51 Å². The van der Waals surface area contributed by atoms with E-state index in [0.29, 0.717) is 10.7 Å². The fourth-order valence-corrected chi connectivity index (χ4v) is 2.16. The first kappa shape index (κ1) is 15.7. The van der Waals surface area contributed by atoms with Gasteiger partial charge in [0.2, 0.25) is 0 Å². The highest BCUT2D eigenvalue weighted by molar-refractivity contribution is 8.00. The van der Waals surface area contributed by atoms with Crippen LogP contribution in [0.4, 0.5) is 18.9 Å². The second-order valence-electron chi connectivity index (χ2n) is 3.89. The number of amides is 1. The zero-order chi connectivity index (χ0) is 15.5. The Hall–Kier alpha value is -1.73. The topological polar surface area (TPSA) is 42.0 Å². The van der Waals surface area contributed by atoms with Crippen LogP contribution in [0.25, 0.3) is 0 Å². The molecule has 8 heteroatoms. The van der Waals surface area contributed by atoms with Crippen LogP contribution in [-0.4, -0.2) is 16.4 Å². The largest absolute Gasteiger partial charge is 0.446 e. The molecule has 1 aromatic carbocycles. The summed E-state index contributed by atoms with van der Waals surface area (Å²) in [6, 6.07) is 8.25. The fourth-order valence-electron chi connectivity index (χ4n) is 1.46. The van der Waals surface area contributed by atoms with E-state index in [4.69, 9.17) is 11.6 Å². The van der Waals surface area contributed by atoms with Crippen LogP contribution in [0.5, 0.6) is 0 Å². The molecule has 1 heterocycles. The standard InChI is InChI=1S/C13H8ClF3N2OS/c14-8-5-6-18-11(7-8)12(20)19-9-1-3-10(4-2-9)21-13(15,16)17/h1-7H,(H,19,20). The smallest absolute Gasteiger partial charge is 0.321 e. The molecule has 0 atom stereocenters. The normalized spacial score (nSPS) is 11.2. The van der Waals surface area contributed by atoms with E-state index in [1.165, 1.54) is 42.6 Å². The molecule has 2 rings (SSSR count). The minimum absolute atomic E-state index is 0.0429. The number of pyridine rings is 1. The second-order valence-corrected chi connectivity index (χ2v) is 5.46. The highest BCUT2D eigenvalue weighted by atomic mass is 35.5. The number of hydrogen-bond donors (Lipinski definition) is 1. The summed E-state index contributed by atoms with van der Waals surface area (Å²) in [4.78, 5) is 15.8. The van der Waals surface area contributed by atoms with Gasteiger partial charge in [0, 0.05) is 21.8 Å². The van der Waals surface area contributed by atoms with Crippen molar-refractivity contribution in [3.8, 4) is 0 Å². The zero-order valence-corrected chi connectivity index (χ0v) is 11.9. The lowest BCUT2D eigenvalue weighted by Crippen LogP contribution is -2.13. The quantitative estimate of drug-likeness (QED) is 0.835. The van der Waals surface area contributed by atoms with Crippen molar-refractivity contribution in [3.05, 3.63) is 53.3 Å². The molecule has 0 saturated carbocycles. The maximum Gasteiger partial charge on any atom is 0.446 e. The lowest BCUT2D eigenvalue weighted by atomic mass is 10.3. The molecule has 0 radical (unpaired) electrons. The summed E-state index contributed by atoms with van der Waals surface area (Å²) in [5.74, 6) is -0.492. The van der Waals surface area contributed by atoms with Crippen molar-refractivity contribution < 1.29 is 18.0 Å². The Kier molecular flexibility index (Phi) is 4.74. The number of alkyl halides is 3. The molecule has 1 aromatic heterocycles. The predicted molar refractivity (Wildman–Crippen MR) is 75.6 cm³/mol. The lowest BCUT2D eigenvalue weighted by molar-refractivity contribution is -0.0328. The van der Waals surface area contributed by atoms with E-state index in [9.17, 15) is 18.0 Å². The van der Waals surface area contributed by atoms with Gasteiger partial charge in [0.15, 0.2) is 0 Å². The van der Waals surface area contributed by atoms with Gasteiger partial charge in [-0.1, -0.05) is 11.6 Å². The van der Waals surface area contributed by atoms with E-state index in [-0.39, 0.29) is 22.4 Å². The number of halogens is 4. The van der Waals surface area contributed by atoms with Gasteiger partial charge < -0.3 is 5.32 Å². The molecule has 3 nitrogen and oxygen atoms in total. The van der Waals surface area contributed by atoms with Gasteiger partial charge in [-0.15, -0.1) is 0 Å². The Labute approximate surface area is 127 Å². The Morgan fingerprint density at radius 3 is 2.43 bits per heavy atom. The van der Waals surface area contributed by atoms with Crippen LogP contribution in [0.1, 0.15) is 10.5 Å². The minimum atomic E-state index is -4.34. The Morgan fingerprint density at radius 1 is 1.19 bits per heavy atom. The summed E-state index contributed by atoms with van der Waals surface area (Å²) in [5, 5.41) is 2.89. The van der Waals surface area contributed by atoms with Crippen LogP contribution in [0, 0.1) is 0 Å². The number of carbonyl (C=O) groups is 1. The van der Waals surface area contributed by atoms with E-state index in [1.807, 2.05) is 0 Å². The van der Waals surface area contributed by atoms with E-state index in [2.05, 4.69) is 10.3 Å². The van der Waals surface area contributed by atoms with Crippen molar-refractivity contribution >= 4 is 35.0 Å². The molecule has 1 amide bonds. The van der Waals surface area contributed by atoms with Crippen molar-refractivity contribution in [2.24, 2.45) is 0 Å². The third kappa shape index (κ3) is 4.95. The second kappa shape index (κ2) is 6.36. The van der Waals surface area contributed by atoms with Crippen molar-refractivity contribution in [2.75, 3.05) is 5.32 Å². The molecular weight excluding hydrogens is 325 g/mol. The predicted octanol–water partition coefficient (Wildman–Crippen LogP) is 4.60. The van der Waals surface area contributed by atoms with Crippen LogP contribution < -0.4 is 5.32 Å². The highest BCUT2D eigenvalue weighted by Gasteiger charge is 2.29. The number of thioether (sulfide) groups is 1. The molecule has 1 N–H and O–H groups in total. The number of benzene rings is 1. The number of nitrogens with one attached hydrogen (secondary N) is 1. The van der Waals surface area contributed by atoms with Crippen LogP contribution >= 0.6 is 23.4 Å². The SMILES string of the molecule is O=C(Nc1ccc(SC(F)(F)F)cc1)c1cc(Cl)ccn1. The minimum Gasteiger partial charge on any atom is -0.321 e. The molecule has 0 spiro atoms. The molecule has 110 valence electrons. The molecule has 0 aliphatic rings. The van der Waals surface area contributed by atoms with Gasteiger partial charge in [0.1, 0.15) is 5.69 Å². The molecule has 0 aliphatic heterocycles. The molecule has 0 bridgehead atoms. The number of nitrogens with zero attached hydrogens (tertiary/aromatic N) is 1. The molecular formula is C13H8ClF3N2OS.